The number of ether oxygens (including phenoxy) is 2. The lowest BCUT2D eigenvalue weighted by Crippen LogP contribution is -2.22. The van der Waals surface area contributed by atoms with Crippen molar-refractivity contribution in [2.24, 2.45) is 0 Å². The van der Waals surface area contributed by atoms with Crippen LogP contribution in [0.4, 0.5) is 10.2 Å². The Hall–Kier alpha value is -4.39. The summed E-state index contributed by atoms with van der Waals surface area (Å²) in [5.41, 5.74) is 2.52. The van der Waals surface area contributed by atoms with E-state index in [0.717, 1.165) is 11.1 Å². The molecule has 0 aliphatic rings. The van der Waals surface area contributed by atoms with Gasteiger partial charge in [0.25, 0.3) is 15.9 Å². The van der Waals surface area contributed by atoms with Crippen molar-refractivity contribution in [1.29, 1.82) is 0 Å². The highest BCUT2D eigenvalue weighted by atomic mass is 32.2. The number of hydrogen-bond donors (Lipinski definition) is 2. The number of rotatable bonds is 11. The zero-order chi connectivity index (χ0) is 27.4. The molecule has 2 aromatic carbocycles. The molecule has 4 rings (SSSR count). The molecule has 2 aromatic heterocycles. The summed E-state index contributed by atoms with van der Waals surface area (Å²) in [6.45, 7) is 5.26. The summed E-state index contributed by atoms with van der Waals surface area (Å²) in [6.07, 6.45) is 3.88. The average Bonchev–Trinajstić information content (AvgIpc) is 3.52. The molecular weight excluding hydrogens is 517 g/mol. The van der Waals surface area contributed by atoms with Gasteiger partial charge in [0, 0.05) is 18.3 Å². The Morgan fingerprint density at radius 1 is 1.13 bits per heavy atom. The number of benzene rings is 2. The number of carbonyl (C=O) groups is 1. The normalized spacial score (nSPS) is 11.4. The van der Waals surface area contributed by atoms with E-state index in [1.54, 1.807) is 47.4 Å². The second kappa shape index (κ2) is 10.9. The maximum Gasteiger partial charge on any atom is 0.279 e. The lowest BCUT2D eigenvalue weighted by Gasteiger charge is -2.12. The summed E-state index contributed by atoms with van der Waals surface area (Å²) in [5.74, 6) is -1.45. The molecule has 0 aliphatic heterocycles. The van der Waals surface area contributed by atoms with Crippen LogP contribution in [0.3, 0.4) is 0 Å². The molecule has 0 unspecified atom stereocenters. The smallest absolute Gasteiger partial charge is 0.279 e. The first-order valence-electron chi connectivity index (χ1n) is 11.4. The van der Waals surface area contributed by atoms with Gasteiger partial charge in [-0.25, -0.2) is 12.8 Å². The number of halogens is 1. The van der Waals surface area contributed by atoms with Gasteiger partial charge in [-0.15, -0.1) is 0 Å². The van der Waals surface area contributed by atoms with Gasteiger partial charge in [0.1, 0.15) is 21.8 Å². The van der Waals surface area contributed by atoms with E-state index in [2.05, 4.69) is 26.9 Å². The Morgan fingerprint density at radius 2 is 1.89 bits per heavy atom. The van der Waals surface area contributed by atoms with E-state index in [-0.39, 0.29) is 23.0 Å². The molecule has 0 radical (unpaired) electrons. The minimum absolute atomic E-state index is 0.0207. The van der Waals surface area contributed by atoms with Gasteiger partial charge in [-0.1, -0.05) is 24.7 Å². The van der Waals surface area contributed by atoms with Gasteiger partial charge in [0.05, 0.1) is 27.0 Å². The fourth-order valence-electron chi connectivity index (χ4n) is 3.79. The molecule has 0 saturated heterocycles. The van der Waals surface area contributed by atoms with Gasteiger partial charge in [-0.2, -0.15) is 5.10 Å². The van der Waals surface area contributed by atoms with Crippen LogP contribution in [0.1, 0.15) is 23.6 Å². The largest absolute Gasteiger partial charge is 0.496 e. The average molecular weight is 544 g/mol. The minimum Gasteiger partial charge on any atom is -0.496 e. The van der Waals surface area contributed by atoms with E-state index in [0.29, 0.717) is 35.2 Å². The van der Waals surface area contributed by atoms with Crippen molar-refractivity contribution in [2.75, 3.05) is 18.9 Å². The van der Waals surface area contributed by atoms with Crippen LogP contribution in [0, 0.1) is 0 Å². The van der Waals surface area contributed by atoms with Crippen LogP contribution in [0.25, 0.3) is 11.0 Å². The van der Waals surface area contributed by atoms with Crippen LogP contribution < -0.4 is 19.5 Å². The van der Waals surface area contributed by atoms with Crippen LogP contribution in [0.5, 0.6) is 11.5 Å². The number of aryl methyl sites for hydroxylation is 1. The molecule has 0 aliphatic carbocycles. The van der Waals surface area contributed by atoms with Crippen LogP contribution >= 0.6 is 0 Å². The molecule has 4 aromatic rings. The van der Waals surface area contributed by atoms with Crippen LogP contribution in [0.2, 0.25) is 0 Å². The van der Waals surface area contributed by atoms with E-state index >= 15 is 0 Å². The van der Waals surface area contributed by atoms with Gasteiger partial charge in [-0.3, -0.25) is 14.2 Å². The first kappa shape index (κ1) is 26.7. The fourth-order valence-corrected chi connectivity index (χ4v) is 5.02. The Morgan fingerprint density at radius 3 is 2.58 bits per heavy atom. The number of carbonyl (C=O) groups excluding carboxylic acids is 1. The predicted octanol–water partition coefficient (Wildman–Crippen LogP) is 3.55. The SMILES string of the molecule is C=C(F)C(=O)NCc1cnn(Cc2cc(OC)c3c(NS(=O)(=O)c4cc(CC)ccc4OC)noc3c2)c1. The van der Waals surface area contributed by atoms with E-state index in [1.807, 2.05) is 6.92 Å². The van der Waals surface area contributed by atoms with Crippen LogP contribution in [-0.4, -0.2) is 43.5 Å². The van der Waals surface area contributed by atoms with Gasteiger partial charge in [0.15, 0.2) is 17.2 Å². The third kappa shape index (κ3) is 5.62. The molecular formula is C25H26FN5O6S. The number of nitrogens with one attached hydrogen (secondary N) is 2. The van der Waals surface area contributed by atoms with Crippen molar-refractivity contribution in [2.45, 2.75) is 31.3 Å². The maximum atomic E-state index is 13.3. The second-order valence-corrected chi connectivity index (χ2v) is 9.93. The number of sulfonamides is 1. The van der Waals surface area contributed by atoms with Gasteiger partial charge < -0.3 is 19.3 Å². The van der Waals surface area contributed by atoms with Crippen molar-refractivity contribution in [3.63, 3.8) is 0 Å². The van der Waals surface area contributed by atoms with Crippen molar-refractivity contribution >= 4 is 32.7 Å². The zero-order valence-corrected chi connectivity index (χ0v) is 21.8. The predicted molar refractivity (Wildman–Crippen MR) is 137 cm³/mol. The summed E-state index contributed by atoms with van der Waals surface area (Å²) < 4.78 is 59.7. The summed E-state index contributed by atoms with van der Waals surface area (Å²) in [6, 6.07) is 8.36. The van der Waals surface area contributed by atoms with Crippen LogP contribution in [-0.2, 0) is 34.3 Å². The van der Waals surface area contributed by atoms with E-state index in [1.165, 1.54) is 14.2 Å². The summed E-state index contributed by atoms with van der Waals surface area (Å²) in [4.78, 5) is 11.3. The Labute approximate surface area is 218 Å². The summed E-state index contributed by atoms with van der Waals surface area (Å²) in [7, 11) is -1.23. The molecule has 0 atom stereocenters. The number of fused-ring (bicyclic) bond motifs is 1. The van der Waals surface area contributed by atoms with Gasteiger partial charge >= 0.3 is 0 Å². The summed E-state index contributed by atoms with van der Waals surface area (Å²) >= 11 is 0. The molecule has 0 saturated carbocycles. The van der Waals surface area contributed by atoms with Crippen molar-refractivity contribution in [1.82, 2.24) is 20.3 Å². The minimum atomic E-state index is -4.07. The van der Waals surface area contributed by atoms with Gasteiger partial charge in [-0.05, 0) is 41.8 Å². The number of nitrogens with zero attached hydrogens (tertiary/aromatic N) is 3. The van der Waals surface area contributed by atoms with Crippen LogP contribution in [0.15, 0.2) is 64.5 Å². The fraction of sp³-hybridized carbons (Fsp3) is 0.240. The molecule has 0 bridgehead atoms. The first-order valence-corrected chi connectivity index (χ1v) is 12.9. The topological polar surface area (TPSA) is 138 Å². The van der Waals surface area contributed by atoms with Crippen molar-refractivity contribution in [3.05, 3.63) is 71.8 Å². The molecule has 0 fully saturated rings. The van der Waals surface area contributed by atoms with E-state index in [4.69, 9.17) is 14.0 Å². The van der Waals surface area contributed by atoms with Crippen molar-refractivity contribution < 1.29 is 31.6 Å². The van der Waals surface area contributed by atoms with E-state index in [9.17, 15) is 17.6 Å². The van der Waals surface area contributed by atoms with E-state index < -0.39 is 21.8 Å². The summed E-state index contributed by atoms with van der Waals surface area (Å²) in [5, 5.41) is 10.9. The number of amides is 1. The maximum absolute atomic E-state index is 13.3. The molecule has 38 heavy (non-hydrogen) atoms. The molecule has 200 valence electrons. The third-order valence-corrected chi connectivity index (χ3v) is 7.07. The monoisotopic (exact) mass is 543 g/mol. The van der Waals surface area contributed by atoms with Crippen molar-refractivity contribution in [3.8, 4) is 11.5 Å². The highest BCUT2D eigenvalue weighted by Gasteiger charge is 2.25. The molecule has 11 nitrogen and oxygen atoms in total. The standard InChI is InChI=1S/C25H26FN5O6S/c1-5-16-6-7-19(35-3)22(10-16)38(33,34)30-24-23-20(36-4)8-17(9-21(23)37-29-24)13-31-14-18(12-28-31)11-27-25(32)15(2)26/h6-10,12,14H,2,5,11,13H2,1,3-4H3,(H,27,32)(H,29,30). The van der Waals surface area contributed by atoms with Gasteiger partial charge in [0.2, 0.25) is 0 Å². The zero-order valence-electron chi connectivity index (χ0n) is 20.9. The lowest BCUT2D eigenvalue weighted by atomic mass is 10.1. The highest BCUT2D eigenvalue weighted by molar-refractivity contribution is 7.92. The second-order valence-electron chi connectivity index (χ2n) is 8.28. The number of methoxy groups -OCH3 is 2. The lowest BCUT2D eigenvalue weighted by molar-refractivity contribution is -0.119. The Kier molecular flexibility index (Phi) is 7.67. The Balaban J connectivity index is 1.59. The quantitative estimate of drug-likeness (QED) is 0.274. The first-order chi connectivity index (χ1) is 18.1. The molecule has 13 heteroatoms. The molecule has 2 N–H and O–H groups in total. The third-order valence-electron chi connectivity index (χ3n) is 5.71. The molecule has 1 amide bonds. The molecule has 0 spiro atoms. The highest BCUT2D eigenvalue weighted by Crippen LogP contribution is 2.36. The number of anilines is 1. The Bertz CT molecular complexity index is 1610. The number of hydrogen-bond acceptors (Lipinski definition) is 8. The number of aromatic nitrogens is 3. The molecule has 2 heterocycles.